The first-order valence-electron chi connectivity index (χ1n) is 10.1. The fourth-order valence-electron chi connectivity index (χ4n) is 4.67. The molecule has 0 saturated carbocycles. The Morgan fingerprint density at radius 1 is 1.23 bits per heavy atom. The number of aromatic nitrogens is 2. The van der Waals surface area contributed by atoms with Crippen LogP contribution >= 0.6 is 0 Å². The van der Waals surface area contributed by atoms with Crippen molar-refractivity contribution in [2.75, 3.05) is 7.11 Å². The van der Waals surface area contributed by atoms with Crippen LogP contribution in [-0.4, -0.2) is 27.7 Å². The van der Waals surface area contributed by atoms with E-state index < -0.39 is 11.6 Å². The molecule has 1 atom stereocenters. The summed E-state index contributed by atoms with van der Waals surface area (Å²) in [5, 5.41) is 12.0. The van der Waals surface area contributed by atoms with Crippen molar-refractivity contribution in [2.24, 2.45) is 0 Å². The van der Waals surface area contributed by atoms with Gasteiger partial charge in [0.2, 0.25) is 0 Å². The second-order valence-corrected chi connectivity index (χ2v) is 7.76. The number of carbonyl (C=O) groups excluding carboxylic acids is 1. The topological polar surface area (TPSA) is 90.6 Å². The van der Waals surface area contributed by atoms with E-state index in [4.69, 9.17) is 14.5 Å². The fourth-order valence-corrected chi connectivity index (χ4v) is 4.67. The SMILES string of the molecule is CCc1c2c(nc3ccc(OC)cc13)-c1cc3c(c(=O)n1C2)COC(=O)[C@]3(O)CC. The summed E-state index contributed by atoms with van der Waals surface area (Å²) in [5.74, 6) is 0.0404. The van der Waals surface area contributed by atoms with Gasteiger partial charge in [0.05, 0.1) is 36.1 Å². The highest BCUT2D eigenvalue weighted by molar-refractivity contribution is 5.90. The molecule has 5 rings (SSSR count). The molecule has 0 radical (unpaired) electrons. The predicted molar refractivity (Wildman–Crippen MR) is 110 cm³/mol. The molecule has 4 heterocycles. The highest BCUT2D eigenvalue weighted by atomic mass is 16.6. The minimum absolute atomic E-state index is 0.125. The molecular weight excluding hydrogens is 384 g/mol. The molecule has 0 unspecified atom stereocenters. The Balaban J connectivity index is 1.81. The first kappa shape index (κ1) is 18.8. The first-order valence-corrected chi connectivity index (χ1v) is 10.1. The number of methoxy groups -OCH3 is 1. The molecule has 0 fully saturated rings. The van der Waals surface area contributed by atoms with E-state index in [1.807, 2.05) is 18.2 Å². The van der Waals surface area contributed by atoms with Crippen molar-refractivity contribution in [1.29, 1.82) is 0 Å². The van der Waals surface area contributed by atoms with Crippen molar-refractivity contribution in [3.8, 4) is 17.1 Å². The summed E-state index contributed by atoms with van der Waals surface area (Å²) < 4.78 is 12.2. The number of aryl methyl sites for hydroxylation is 1. The molecule has 0 bridgehead atoms. The number of esters is 1. The molecular formula is C23H22N2O5. The lowest BCUT2D eigenvalue weighted by Gasteiger charge is -2.31. The zero-order chi connectivity index (χ0) is 21.2. The molecule has 0 amide bonds. The lowest BCUT2D eigenvalue weighted by atomic mass is 9.86. The smallest absolute Gasteiger partial charge is 0.343 e. The number of benzene rings is 1. The standard InChI is InChI=1S/C23H22N2O5/c1-4-13-14-8-12(29-3)6-7-18(14)24-20-15(13)10-25-19(20)9-17-16(21(25)26)11-30-22(27)23(17,28)5-2/h6-9,28H,4-5,10-11H2,1-3H3/t23-/m0/s1. The van der Waals surface area contributed by atoms with Crippen LogP contribution in [0.2, 0.25) is 0 Å². The van der Waals surface area contributed by atoms with Gasteiger partial charge in [0.1, 0.15) is 12.4 Å². The maximum Gasteiger partial charge on any atom is 0.343 e. The lowest BCUT2D eigenvalue weighted by molar-refractivity contribution is -0.172. The minimum atomic E-state index is -1.82. The normalized spacial score (nSPS) is 19.3. The van der Waals surface area contributed by atoms with Gasteiger partial charge in [0.15, 0.2) is 5.60 Å². The number of hydrogen-bond acceptors (Lipinski definition) is 6. The van der Waals surface area contributed by atoms with Crippen LogP contribution in [-0.2, 0) is 34.7 Å². The maximum atomic E-state index is 13.3. The van der Waals surface area contributed by atoms with E-state index in [9.17, 15) is 14.7 Å². The van der Waals surface area contributed by atoms with Crippen LogP contribution in [0.1, 0.15) is 42.5 Å². The van der Waals surface area contributed by atoms with E-state index in [0.717, 1.165) is 39.9 Å². The van der Waals surface area contributed by atoms with Crippen molar-refractivity contribution in [3.63, 3.8) is 0 Å². The van der Waals surface area contributed by atoms with Crippen LogP contribution in [0.3, 0.4) is 0 Å². The average molecular weight is 406 g/mol. The van der Waals surface area contributed by atoms with Crippen molar-refractivity contribution >= 4 is 16.9 Å². The Hall–Kier alpha value is -3.19. The largest absolute Gasteiger partial charge is 0.497 e. The number of nitrogens with zero attached hydrogens (tertiary/aromatic N) is 2. The van der Waals surface area contributed by atoms with Crippen LogP contribution in [0.4, 0.5) is 0 Å². The first-order chi connectivity index (χ1) is 14.4. The van der Waals surface area contributed by atoms with Gasteiger partial charge in [0.25, 0.3) is 5.56 Å². The number of cyclic esters (lactones) is 1. The summed E-state index contributed by atoms with van der Waals surface area (Å²) in [6, 6.07) is 7.49. The van der Waals surface area contributed by atoms with Gasteiger partial charge in [-0.05, 0) is 42.7 Å². The number of aliphatic hydroxyl groups is 1. The van der Waals surface area contributed by atoms with Crippen LogP contribution in [0.25, 0.3) is 22.3 Å². The number of pyridine rings is 2. The second-order valence-electron chi connectivity index (χ2n) is 7.76. The summed E-state index contributed by atoms with van der Waals surface area (Å²) in [6.45, 7) is 4.05. The van der Waals surface area contributed by atoms with E-state index in [-0.39, 0.29) is 18.6 Å². The quantitative estimate of drug-likeness (QED) is 0.526. The Morgan fingerprint density at radius 2 is 2.03 bits per heavy atom. The number of fused-ring (bicyclic) bond motifs is 5. The molecule has 30 heavy (non-hydrogen) atoms. The fraction of sp³-hybridized carbons (Fsp3) is 0.348. The Bertz CT molecular complexity index is 1290. The van der Waals surface area contributed by atoms with Gasteiger partial charge in [-0.1, -0.05) is 13.8 Å². The maximum absolute atomic E-state index is 13.3. The van der Waals surface area contributed by atoms with Gasteiger partial charge in [-0.15, -0.1) is 0 Å². The number of carbonyl (C=O) groups is 1. The summed E-state index contributed by atoms with van der Waals surface area (Å²) in [7, 11) is 1.63. The second kappa shape index (κ2) is 6.40. The van der Waals surface area contributed by atoms with Crippen LogP contribution in [0.15, 0.2) is 29.1 Å². The highest BCUT2D eigenvalue weighted by Gasteiger charge is 2.45. The van der Waals surface area contributed by atoms with Gasteiger partial charge in [-0.3, -0.25) is 4.79 Å². The monoisotopic (exact) mass is 406 g/mol. The van der Waals surface area contributed by atoms with Crippen molar-refractivity contribution in [2.45, 2.75) is 45.4 Å². The van der Waals surface area contributed by atoms with Crippen LogP contribution in [0, 0.1) is 0 Å². The third kappa shape index (κ3) is 2.32. The molecule has 7 heteroatoms. The molecule has 1 N–H and O–H groups in total. The minimum Gasteiger partial charge on any atom is -0.497 e. The van der Waals surface area contributed by atoms with Gasteiger partial charge in [-0.25, -0.2) is 9.78 Å². The molecule has 0 aliphatic carbocycles. The van der Waals surface area contributed by atoms with E-state index in [1.165, 1.54) is 0 Å². The van der Waals surface area contributed by atoms with E-state index in [2.05, 4.69) is 6.92 Å². The van der Waals surface area contributed by atoms with Gasteiger partial charge in [-0.2, -0.15) is 0 Å². The van der Waals surface area contributed by atoms with Crippen molar-refractivity contribution in [1.82, 2.24) is 9.55 Å². The summed E-state index contributed by atoms with van der Waals surface area (Å²) in [6.07, 6.45) is 0.900. The van der Waals surface area contributed by atoms with E-state index in [1.54, 1.807) is 24.7 Å². The van der Waals surface area contributed by atoms with Crippen LogP contribution < -0.4 is 10.3 Å². The van der Waals surface area contributed by atoms with Gasteiger partial charge in [0, 0.05) is 16.5 Å². The Kier molecular flexibility index (Phi) is 4.02. The average Bonchev–Trinajstić information content (AvgIpc) is 3.13. The molecule has 154 valence electrons. The molecule has 3 aromatic rings. The summed E-state index contributed by atoms with van der Waals surface area (Å²) in [4.78, 5) is 30.4. The molecule has 2 aliphatic rings. The number of ether oxygens (including phenoxy) is 2. The molecule has 0 spiro atoms. The molecule has 1 aromatic carbocycles. The molecule has 2 aromatic heterocycles. The molecule has 7 nitrogen and oxygen atoms in total. The lowest BCUT2D eigenvalue weighted by Crippen LogP contribution is -2.44. The predicted octanol–water partition coefficient (Wildman–Crippen LogP) is 2.65. The third-order valence-electron chi connectivity index (χ3n) is 6.37. The van der Waals surface area contributed by atoms with Crippen molar-refractivity contribution < 1.29 is 19.4 Å². The highest BCUT2D eigenvalue weighted by Crippen LogP contribution is 2.40. The van der Waals surface area contributed by atoms with Crippen molar-refractivity contribution in [3.05, 3.63) is 56.9 Å². The number of rotatable bonds is 3. The summed E-state index contributed by atoms with van der Waals surface area (Å²) in [5.41, 5.74) is 2.88. The molecule has 2 aliphatic heterocycles. The molecule has 0 saturated heterocycles. The Morgan fingerprint density at radius 3 is 2.73 bits per heavy atom. The van der Waals surface area contributed by atoms with Crippen LogP contribution in [0.5, 0.6) is 5.75 Å². The summed E-state index contributed by atoms with van der Waals surface area (Å²) >= 11 is 0. The number of hydrogen-bond donors (Lipinski definition) is 1. The zero-order valence-corrected chi connectivity index (χ0v) is 17.1. The van der Waals surface area contributed by atoms with Gasteiger partial charge < -0.3 is 19.1 Å². The van der Waals surface area contributed by atoms with E-state index >= 15 is 0 Å². The third-order valence-corrected chi connectivity index (χ3v) is 6.37. The zero-order valence-electron chi connectivity index (χ0n) is 17.1. The Labute approximate surface area is 172 Å². The van der Waals surface area contributed by atoms with E-state index in [0.29, 0.717) is 23.4 Å². The van der Waals surface area contributed by atoms with Gasteiger partial charge >= 0.3 is 5.97 Å².